The van der Waals surface area contributed by atoms with E-state index in [0.717, 1.165) is 70.6 Å². The summed E-state index contributed by atoms with van der Waals surface area (Å²) < 4.78 is 10.4. The molecule has 0 atom stereocenters. The van der Waals surface area contributed by atoms with Crippen LogP contribution in [0.15, 0.2) is 108 Å². The van der Waals surface area contributed by atoms with Crippen molar-refractivity contribution >= 4 is 23.7 Å². The zero-order valence-corrected chi connectivity index (χ0v) is 22.4. The second-order valence-corrected chi connectivity index (χ2v) is 9.07. The Morgan fingerprint density at radius 3 is 1.58 bits per heavy atom. The second kappa shape index (κ2) is 14.5. The fourth-order valence-corrected chi connectivity index (χ4v) is 4.50. The van der Waals surface area contributed by atoms with Crippen molar-refractivity contribution in [2.75, 3.05) is 14.2 Å². The largest absolute Gasteiger partial charge is 0.497 e. The molecule has 0 spiro atoms. The van der Waals surface area contributed by atoms with Gasteiger partial charge in [-0.1, -0.05) is 67.8 Å². The van der Waals surface area contributed by atoms with E-state index in [0.29, 0.717) is 12.8 Å². The van der Waals surface area contributed by atoms with Gasteiger partial charge in [0.1, 0.15) is 11.5 Å². The Morgan fingerprint density at radius 2 is 1.08 bits per heavy atom. The Bertz CT molecular complexity index is 1270. The van der Waals surface area contributed by atoms with Crippen LogP contribution in [0.4, 0.5) is 0 Å². The predicted molar refractivity (Wildman–Crippen MR) is 156 cm³/mol. The SMILES string of the molecule is C=CC=C1CCCC(=O)C1=CC=C.COc1ccc(C=C2CCCC(=O)C2=Cc2ccc(OC)cc2)cc1. The molecule has 0 amide bonds. The van der Waals surface area contributed by atoms with Gasteiger partial charge in [-0.2, -0.15) is 0 Å². The average molecular weight is 509 g/mol. The standard InChI is InChI=1S/C22H22O3.C12H14O/c1-24-19-10-6-16(7-11-19)14-18-4-3-5-22(23)21(18)15-17-8-12-20(25-2)13-9-17;1-3-6-10-8-5-9-12(13)11(10)7-4-2/h6-15H,3-5H2,1-2H3;3-4,6-7H,1-2,5,8-9H2. The van der Waals surface area contributed by atoms with E-state index < -0.39 is 0 Å². The molecule has 0 heterocycles. The fraction of sp³-hybridized carbons (Fsp3) is 0.235. The summed E-state index contributed by atoms with van der Waals surface area (Å²) in [6, 6.07) is 15.6. The molecule has 2 fully saturated rings. The van der Waals surface area contributed by atoms with Gasteiger partial charge in [0, 0.05) is 24.0 Å². The molecule has 4 heteroatoms. The van der Waals surface area contributed by atoms with Crippen LogP contribution in [0.1, 0.15) is 49.7 Å². The summed E-state index contributed by atoms with van der Waals surface area (Å²) in [5, 5.41) is 0. The third-order valence-electron chi connectivity index (χ3n) is 6.48. The third kappa shape index (κ3) is 7.91. The molecule has 2 saturated carbocycles. The van der Waals surface area contributed by atoms with Crippen LogP contribution in [0.2, 0.25) is 0 Å². The van der Waals surface area contributed by atoms with Gasteiger partial charge in [-0.15, -0.1) is 0 Å². The molecule has 0 bridgehead atoms. The van der Waals surface area contributed by atoms with Gasteiger partial charge >= 0.3 is 0 Å². The zero-order valence-electron chi connectivity index (χ0n) is 22.4. The molecule has 4 nitrogen and oxygen atoms in total. The lowest BCUT2D eigenvalue weighted by atomic mass is 9.86. The summed E-state index contributed by atoms with van der Waals surface area (Å²) in [6.07, 6.45) is 16.2. The van der Waals surface area contributed by atoms with Gasteiger partial charge in [-0.25, -0.2) is 0 Å². The minimum atomic E-state index is 0.210. The predicted octanol–water partition coefficient (Wildman–Crippen LogP) is 7.89. The molecular formula is C34H36O4. The lowest BCUT2D eigenvalue weighted by Crippen LogP contribution is -2.11. The first-order valence-electron chi connectivity index (χ1n) is 12.9. The van der Waals surface area contributed by atoms with Gasteiger partial charge in [-0.3, -0.25) is 9.59 Å². The fourth-order valence-electron chi connectivity index (χ4n) is 4.50. The van der Waals surface area contributed by atoms with Gasteiger partial charge in [0.05, 0.1) is 14.2 Å². The second-order valence-electron chi connectivity index (χ2n) is 9.07. The number of hydrogen-bond acceptors (Lipinski definition) is 4. The summed E-state index contributed by atoms with van der Waals surface area (Å²) in [6.45, 7) is 7.24. The molecular weight excluding hydrogens is 472 g/mol. The maximum Gasteiger partial charge on any atom is 0.163 e. The summed E-state index contributed by atoms with van der Waals surface area (Å²) >= 11 is 0. The van der Waals surface area contributed by atoms with Crippen LogP contribution in [-0.4, -0.2) is 25.8 Å². The van der Waals surface area contributed by atoms with Crippen molar-refractivity contribution < 1.29 is 19.1 Å². The smallest absolute Gasteiger partial charge is 0.163 e. The molecule has 0 N–H and O–H groups in total. The Kier molecular flexibility index (Phi) is 10.9. The maximum atomic E-state index is 12.5. The Labute approximate surface area is 226 Å². The summed E-state index contributed by atoms with van der Waals surface area (Å²) in [4.78, 5) is 23.9. The van der Waals surface area contributed by atoms with Crippen LogP contribution in [0.5, 0.6) is 11.5 Å². The molecule has 0 aromatic heterocycles. The molecule has 0 unspecified atom stereocenters. The van der Waals surface area contributed by atoms with Gasteiger partial charge in [0.25, 0.3) is 0 Å². The van der Waals surface area contributed by atoms with Crippen LogP contribution in [0.25, 0.3) is 12.2 Å². The number of rotatable bonds is 6. The number of carbonyl (C=O) groups is 2. The van der Waals surface area contributed by atoms with E-state index in [9.17, 15) is 9.59 Å². The molecule has 0 radical (unpaired) electrons. The molecule has 2 aromatic rings. The highest BCUT2D eigenvalue weighted by Gasteiger charge is 2.20. The first-order valence-corrected chi connectivity index (χ1v) is 12.9. The van der Waals surface area contributed by atoms with Gasteiger partial charge < -0.3 is 9.47 Å². The van der Waals surface area contributed by atoms with E-state index >= 15 is 0 Å². The number of Topliss-reactive ketones (excluding diaryl/α,β-unsaturated/α-hetero) is 2. The minimum absolute atomic E-state index is 0.210. The molecule has 4 rings (SSSR count). The first-order chi connectivity index (χ1) is 18.5. The van der Waals surface area contributed by atoms with E-state index in [2.05, 4.69) is 19.2 Å². The zero-order chi connectivity index (χ0) is 27.3. The summed E-state index contributed by atoms with van der Waals surface area (Å²) in [7, 11) is 3.30. The van der Waals surface area contributed by atoms with Crippen molar-refractivity contribution in [2.45, 2.75) is 38.5 Å². The highest BCUT2D eigenvalue weighted by atomic mass is 16.5. The minimum Gasteiger partial charge on any atom is -0.497 e. The molecule has 2 aliphatic carbocycles. The number of ketones is 2. The van der Waals surface area contributed by atoms with Crippen LogP contribution < -0.4 is 9.47 Å². The number of benzene rings is 2. The van der Waals surface area contributed by atoms with E-state index in [4.69, 9.17) is 9.47 Å². The molecule has 0 aliphatic heterocycles. The van der Waals surface area contributed by atoms with Gasteiger partial charge in [0.15, 0.2) is 11.6 Å². The normalized spacial score (nSPS) is 19.7. The highest BCUT2D eigenvalue weighted by Crippen LogP contribution is 2.30. The quantitative estimate of drug-likeness (QED) is 0.372. The van der Waals surface area contributed by atoms with E-state index in [-0.39, 0.29) is 11.6 Å². The lowest BCUT2D eigenvalue weighted by Gasteiger charge is -2.17. The number of methoxy groups -OCH3 is 2. The van der Waals surface area contributed by atoms with Crippen LogP contribution in [-0.2, 0) is 9.59 Å². The third-order valence-corrected chi connectivity index (χ3v) is 6.48. The van der Waals surface area contributed by atoms with Crippen molar-refractivity contribution in [1.29, 1.82) is 0 Å². The van der Waals surface area contributed by atoms with Gasteiger partial charge in [-0.05, 0) is 78.3 Å². The van der Waals surface area contributed by atoms with Crippen molar-refractivity contribution in [3.05, 3.63) is 119 Å². The number of carbonyl (C=O) groups excluding carboxylic acids is 2. The molecule has 196 valence electrons. The Balaban J connectivity index is 0.000000260. The molecule has 2 aliphatic rings. The van der Waals surface area contributed by atoms with Crippen molar-refractivity contribution in [3.63, 3.8) is 0 Å². The molecule has 38 heavy (non-hydrogen) atoms. The Hall–Kier alpha value is -4.18. The van der Waals surface area contributed by atoms with E-state index in [1.807, 2.05) is 60.7 Å². The van der Waals surface area contributed by atoms with Crippen molar-refractivity contribution in [2.24, 2.45) is 0 Å². The molecule has 2 aromatic carbocycles. The van der Waals surface area contributed by atoms with Crippen molar-refractivity contribution in [3.8, 4) is 11.5 Å². The van der Waals surface area contributed by atoms with Gasteiger partial charge in [0.2, 0.25) is 0 Å². The highest BCUT2D eigenvalue weighted by molar-refractivity contribution is 6.05. The van der Waals surface area contributed by atoms with Crippen LogP contribution in [0.3, 0.4) is 0 Å². The van der Waals surface area contributed by atoms with Crippen molar-refractivity contribution in [1.82, 2.24) is 0 Å². The summed E-state index contributed by atoms with van der Waals surface area (Å²) in [5.74, 6) is 2.07. The summed E-state index contributed by atoms with van der Waals surface area (Å²) in [5.41, 5.74) is 5.88. The lowest BCUT2D eigenvalue weighted by molar-refractivity contribution is -0.116. The molecule has 0 saturated heterocycles. The van der Waals surface area contributed by atoms with E-state index in [1.165, 1.54) is 0 Å². The number of allylic oxidation sites excluding steroid dienone is 8. The van der Waals surface area contributed by atoms with E-state index in [1.54, 1.807) is 32.4 Å². The Morgan fingerprint density at radius 1 is 0.605 bits per heavy atom. The first kappa shape index (κ1) is 28.4. The maximum absolute atomic E-state index is 12.5. The number of hydrogen-bond donors (Lipinski definition) is 0. The van der Waals surface area contributed by atoms with Crippen LogP contribution >= 0.6 is 0 Å². The monoisotopic (exact) mass is 508 g/mol. The number of ether oxygens (including phenoxy) is 2. The van der Waals surface area contributed by atoms with Crippen LogP contribution in [0, 0.1) is 0 Å². The average Bonchev–Trinajstić information content (AvgIpc) is 2.94. The topological polar surface area (TPSA) is 52.6 Å².